The standard InChI is InChI=1S/C15H14ClNO5/c1-20-13-6-10(16)9(5-14(13)21-8-3-2-4-8)12-7-11(15(18)19)17-22-12/h5-8H,2-4H2,1H3,(H,18,19). The highest BCUT2D eigenvalue weighted by Crippen LogP contribution is 2.40. The van der Waals surface area contributed by atoms with E-state index in [4.69, 9.17) is 30.7 Å². The fourth-order valence-corrected chi connectivity index (χ4v) is 2.39. The predicted octanol–water partition coefficient (Wildman–Crippen LogP) is 3.63. The third-order valence-electron chi connectivity index (χ3n) is 3.59. The maximum absolute atomic E-state index is 10.9. The minimum atomic E-state index is -1.16. The molecular weight excluding hydrogens is 310 g/mol. The van der Waals surface area contributed by atoms with E-state index in [0.717, 1.165) is 19.3 Å². The molecule has 0 spiro atoms. The highest BCUT2D eigenvalue weighted by atomic mass is 35.5. The average molecular weight is 324 g/mol. The summed E-state index contributed by atoms with van der Waals surface area (Å²) in [5, 5.41) is 12.8. The SMILES string of the molecule is COc1cc(Cl)c(-c2cc(C(=O)O)no2)cc1OC1CCC1. The van der Waals surface area contributed by atoms with Gasteiger partial charge in [-0.15, -0.1) is 0 Å². The van der Waals surface area contributed by atoms with Crippen LogP contribution in [-0.4, -0.2) is 29.4 Å². The molecule has 1 saturated carbocycles. The summed E-state index contributed by atoms with van der Waals surface area (Å²) in [5.74, 6) is 0.188. The molecule has 3 rings (SSSR count). The van der Waals surface area contributed by atoms with E-state index in [1.54, 1.807) is 12.1 Å². The molecule has 7 heteroatoms. The Balaban J connectivity index is 1.98. The van der Waals surface area contributed by atoms with Crippen LogP contribution in [0, 0.1) is 0 Å². The van der Waals surface area contributed by atoms with E-state index >= 15 is 0 Å². The third-order valence-corrected chi connectivity index (χ3v) is 3.91. The minimum absolute atomic E-state index is 0.173. The Morgan fingerprint density at radius 1 is 1.36 bits per heavy atom. The Kier molecular flexibility index (Phi) is 3.94. The lowest BCUT2D eigenvalue weighted by atomic mass is 9.96. The summed E-state index contributed by atoms with van der Waals surface area (Å²) in [7, 11) is 1.54. The second-order valence-corrected chi connectivity index (χ2v) is 5.44. The first-order valence-electron chi connectivity index (χ1n) is 6.83. The number of ether oxygens (including phenoxy) is 2. The molecule has 6 nitrogen and oxygen atoms in total. The van der Waals surface area contributed by atoms with E-state index in [-0.39, 0.29) is 17.6 Å². The molecule has 0 bridgehead atoms. The van der Waals surface area contributed by atoms with Gasteiger partial charge in [0.1, 0.15) is 0 Å². The summed E-state index contributed by atoms with van der Waals surface area (Å²) >= 11 is 6.22. The summed E-state index contributed by atoms with van der Waals surface area (Å²) in [6, 6.07) is 4.63. The van der Waals surface area contributed by atoms with E-state index in [0.29, 0.717) is 22.1 Å². The summed E-state index contributed by atoms with van der Waals surface area (Å²) in [5.41, 5.74) is 0.333. The molecule has 1 aromatic carbocycles. The number of carbonyl (C=O) groups is 1. The Hall–Kier alpha value is -2.21. The van der Waals surface area contributed by atoms with Crippen LogP contribution >= 0.6 is 11.6 Å². The molecule has 1 N–H and O–H groups in total. The van der Waals surface area contributed by atoms with Gasteiger partial charge in [-0.3, -0.25) is 0 Å². The smallest absolute Gasteiger partial charge is 0.358 e. The second-order valence-electron chi connectivity index (χ2n) is 5.04. The molecule has 22 heavy (non-hydrogen) atoms. The van der Waals surface area contributed by atoms with Gasteiger partial charge >= 0.3 is 5.97 Å². The van der Waals surface area contributed by atoms with Gasteiger partial charge < -0.3 is 19.1 Å². The first-order valence-corrected chi connectivity index (χ1v) is 7.21. The maximum Gasteiger partial charge on any atom is 0.358 e. The molecule has 1 heterocycles. The van der Waals surface area contributed by atoms with Crippen LogP contribution < -0.4 is 9.47 Å². The van der Waals surface area contributed by atoms with Gasteiger partial charge in [0.25, 0.3) is 0 Å². The average Bonchev–Trinajstić information content (AvgIpc) is 2.93. The van der Waals surface area contributed by atoms with E-state index in [1.165, 1.54) is 13.2 Å². The van der Waals surface area contributed by atoms with Crippen LogP contribution in [0.1, 0.15) is 29.8 Å². The second kappa shape index (κ2) is 5.88. The molecule has 0 aliphatic heterocycles. The number of aromatic carboxylic acids is 1. The highest BCUT2D eigenvalue weighted by Gasteiger charge is 2.23. The van der Waals surface area contributed by atoms with Crippen molar-refractivity contribution in [2.45, 2.75) is 25.4 Å². The van der Waals surface area contributed by atoms with Crippen LogP contribution in [0.5, 0.6) is 11.5 Å². The van der Waals surface area contributed by atoms with E-state index in [2.05, 4.69) is 5.16 Å². The molecule has 0 atom stereocenters. The van der Waals surface area contributed by atoms with Crippen LogP contribution in [-0.2, 0) is 0 Å². The largest absolute Gasteiger partial charge is 0.493 e. The van der Waals surface area contributed by atoms with Crippen molar-refractivity contribution in [3.8, 4) is 22.8 Å². The molecule has 0 saturated heterocycles. The van der Waals surface area contributed by atoms with Crippen molar-refractivity contribution in [1.29, 1.82) is 0 Å². The fraction of sp³-hybridized carbons (Fsp3) is 0.333. The van der Waals surface area contributed by atoms with Gasteiger partial charge in [-0.2, -0.15) is 0 Å². The lowest BCUT2D eigenvalue weighted by Gasteiger charge is -2.27. The fourth-order valence-electron chi connectivity index (χ4n) is 2.15. The molecule has 1 aliphatic rings. The molecule has 1 aliphatic carbocycles. The summed E-state index contributed by atoms with van der Waals surface area (Å²) in [6.07, 6.45) is 3.34. The van der Waals surface area contributed by atoms with Gasteiger partial charge in [-0.25, -0.2) is 4.79 Å². The molecule has 116 valence electrons. The van der Waals surface area contributed by atoms with Crippen molar-refractivity contribution in [2.75, 3.05) is 7.11 Å². The number of aromatic nitrogens is 1. The number of carboxylic acid groups (broad SMARTS) is 1. The first-order chi connectivity index (χ1) is 10.6. The predicted molar refractivity (Wildman–Crippen MR) is 78.7 cm³/mol. The molecule has 1 aromatic heterocycles. The van der Waals surface area contributed by atoms with Gasteiger partial charge in [0, 0.05) is 17.7 Å². The number of nitrogens with zero attached hydrogens (tertiary/aromatic N) is 1. The number of halogens is 1. The zero-order valence-electron chi connectivity index (χ0n) is 11.8. The summed E-state index contributed by atoms with van der Waals surface area (Å²) in [4.78, 5) is 10.9. The number of hydrogen-bond acceptors (Lipinski definition) is 5. The zero-order chi connectivity index (χ0) is 15.7. The number of methoxy groups -OCH3 is 1. The van der Waals surface area contributed by atoms with Gasteiger partial charge in [-0.1, -0.05) is 16.8 Å². The Morgan fingerprint density at radius 3 is 2.68 bits per heavy atom. The van der Waals surface area contributed by atoms with E-state index < -0.39 is 5.97 Å². The number of rotatable bonds is 5. The zero-order valence-corrected chi connectivity index (χ0v) is 12.6. The lowest BCUT2D eigenvalue weighted by Crippen LogP contribution is -2.24. The lowest BCUT2D eigenvalue weighted by molar-refractivity contribution is 0.0686. The minimum Gasteiger partial charge on any atom is -0.493 e. The molecule has 2 aromatic rings. The highest BCUT2D eigenvalue weighted by molar-refractivity contribution is 6.33. The van der Waals surface area contributed by atoms with Crippen molar-refractivity contribution in [2.24, 2.45) is 0 Å². The molecule has 0 amide bonds. The number of hydrogen-bond donors (Lipinski definition) is 1. The normalized spacial score (nSPS) is 14.5. The van der Waals surface area contributed by atoms with Crippen molar-refractivity contribution in [3.05, 3.63) is 28.9 Å². The Morgan fingerprint density at radius 2 is 2.14 bits per heavy atom. The van der Waals surface area contributed by atoms with Gasteiger partial charge in [0.15, 0.2) is 23.0 Å². The van der Waals surface area contributed by atoms with Gasteiger partial charge in [0.05, 0.1) is 18.2 Å². The van der Waals surface area contributed by atoms with Crippen molar-refractivity contribution in [3.63, 3.8) is 0 Å². The number of carboxylic acids is 1. The van der Waals surface area contributed by atoms with Crippen LogP contribution in [0.25, 0.3) is 11.3 Å². The Bertz CT molecular complexity index is 708. The summed E-state index contributed by atoms with van der Waals surface area (Å²) < 4.78 is 16.2. The van der Waals surface area contributed by atoms with Crippen LogP contribution in [0.15, 0.2) is 22.7 Å². The van der Waals surface area contributed by atoms with E-state index in [9.17, 15) is 4.79 Å². The number of benzene rings is 1. The van der Waals surface area contributed by atoms with E-state index in [1.807, 2.05) is 0 Å². The van der Waals surface area contributed by atoms with Gasteiger partial charge in [-0.05, 0) is 25.3 Å². The third kappa shape index (κ3) is 2.74. The molecule has 0 unspecified atom stereocenters. The maximum atomic E-state index is 10.9. The van der Waals surface area contributed by atoms with Crippen LogP contribution in [0.4, 0.5) is 0 Å². The van der Waals surface area contributed by atoms with Crippen molar-refractivity contribution in [1.82, 2.24) is 5.16 Å². The first kappa shape index (κ1) is 14.7. The topological polar surface area (TPSA) is 81.8 Å². The van der Waals surface area contributed by atoms with Crippen molar-refractivity contribution >= 4 is 17.6 Å². The Labute approximate surface area is 131 Å². The van der Waals surface area contributed by atoms with Crippen molar-refractivity contribution < 1.29 is 23.9 Å². The molecule has 1 fully saturated rings. The summed E-state index contributed by atoms with van der Waals surface area (Å²) in [6.45, 7) is 0. The quantitative estimate of drug-likeness (QED) is 0.904. The molecular formula is C15H14ClNO5. The monoisotopic (exact) mass is 323 g/mol. The van der Waals surface area contributed by atoms with Gasteiger partial charge in [0.2, 0.25) is 0 Å². The molecule has 0 radical (unpaired) electrons. The van der Waals surface area contributed by atoms with Crippen LogP contribution in [0.3, 0.4) is 0 Å². The van der Waals surface area contributed by atoms with Crippen LogP contribution in [0.2, 0.25) is 5.02 Å².